The molecule has 5 heteroatoms. The molecule has 3 N–H and O–H groups in total. The molecule has 1 aliphatic heterocycles. The van der Waals surface area contributed by atoms with Crippen LogP contribution in [0, 0.1) is 11.7 Å². The van der Waals surface area contributed by atoms with Gasteiger partial charge in [0.2, 0.25) is 0 Å². The first kappa shape index (κ1) is 11.9. The maximum atomic E-state index is 13.5. The Kier molecular flexibility index (Phi) is 3.28. The van der Waals surface area contributed by atoms with Crippen molar-refractivity contribution in [2.45, 2.75) is 6.42 Å². The number of benzene rings is 1. The highest BCUT2D eigenvalue weighted by atomic mass is 19.1. The summed E-state index contributed by atoms with van der Waals surface area (Å²) in [6.07, 6.45) is 0.850. The van der Waals surface area contributed by atoms with E-state index in [0.29, 0.717) is 25.6 Å². The molecule has 4 nitrogen and oxygen atoms in total. The van der Waals surface area contributed by atoms with Crippen LogP contribution >= 0.6 is 0 Å². The topological polar surface area (TPSA) is 66.6 Å². The van der Waals surface area contributed by atoms with Crippen molar-refractivity contribution in [2.24, 2.45) is 11.7 Å². The van der Waals surface area contributed by atoms with Gasteiger partial charge in [-0.1, -0.05) is 0 Å². The van der Waals surface area contributed by atoms with E-state index in [1.165, 1.54) is 6.07 Å². The SMILES string of the molecule is NC[C@@H]1CCN(C(=O)c2cc(O)ccc2F)C1. The van der Waals surface area contributed by atoms with E-state index in [0.717, 1.165) is 18.6 Å². The first-order chi connectivity index (χ1) is 8.11. The summed E-state index contributed by atoms with van der Waals surface area (Å²) in [7, 11) is 0. The average molecular weight is 238 g/mol. The van der Waals surface area contributed by atoms with Crippen LogP contribution in [0.5, 0.6) is 5.75 Å². The first-order valence-corrected chi connectivity index (χ1v) is 5.59. The third-order valence-electron chi connectivity index (χ3n) is 3.09. The molecule has 0 aliphatic carbocycles. The standard InChI is InChI=1S/C12H15FN2O2/c13-11-2-1-9(16)5-10(11)12(17)15-4-3-8(6-14)7-15/h1-2,5,8,16H,3-4,6-7,14H2/t8-/m0/s1. The van der Waals surface area contributed by atoms with Gasteiger partial charge in [0.1, 0.15) is 11.6 Å². The van der Waals surface area contributed by atoms with E-state index in [1.807, 2.05) is 0 Å². The molecule has 0 aromatic heterocycles. The molecule has 1 amide bonds. The first-order valence-electron chi connectivity index (χ1n) is 5.59. The molecule has 1 aliphatic rings. The van der Waals surface area contributed by atoms with Crippen molar-refractivity contribution >= 4 is 5.91 Å². The number of phenols is 1. The predicted octanol–water partition coefficient (Wildman–Crippen LogP) is 0.952. The van der Waals surface area contributed by atoms with Gasteiger partial charge in [-0.25, -0.2) is 4.39 Å². The Bertz CT molecular complexity index is 437. The van der Waals surface area contributed by atoms with E-state index in [9.17, 15) is 14.3 Å². The number of phenolic OH excluding ortho intramolecular Hbond substituents is 1. The summed E-state index contributed by atoms with van der Waals surface area (Å²) < 4.78 is 13.5. The quantitative estimate of drug-likeness (QED) is 0.806. The summed E-state index contributed by atoms with van der Waals surface area (Å²) in [5.41, 5.74) is 5.46. The zero-order chi connectivity index (χ0) is 12.4. The Hall–Kier alpha value is -1.62. The van der Waals surface area contributed by atoms with Crippen LogP contribution in [0.25, 0.3) is 0 Å². The van der Waals surface area contributed by atoms with Crippen molar-refractivity contribution in [3.05, 3.63) is 29.6 Å². The van der Waals surface area contributed by atoms with E-state index in [4.69, 9.17) is 5.73 Å². The lowest BCUT2D eigenvalue weighted by Gasteiger charge is -2.16. The second-order valence-electron chi connectivity index (χ2n) is 4.31. The maximum Gasteiger partial charge on any atom is 0.256 e. The van der Waals surface area contributed by atoms with Crippen LogP contribution in [-0.2, 0) is 0 Å². The number of nitrogens with two attached hydrogens (primary N) is 1. The lowest BCUT2D eigenvalue weighted by Crippen LogP contribution is -2.30. The van der Waals surface area contributed by atoms with Gasteiger partial charge in [-0.3, -0.25) is 4.79 Å². The summed E-state index contributed by atoms with van der Waals surface area (Å²) in [5, 5.41) is 9.27. The zero-order valence-electron chi connectivity index (χ0n) is 9.40. The van der Waals surface area contributed by atoms with Gasteiger partial charge in [-0.2, -0.15) is 0 Å². The molecule has 1 aromatic carbocycles. The molecule has 0 bridgehead atoms. The Morgan fingerprint density at radius 1 is 1.59 bits per heavy atom. The molecule has 1 heterocycles. The third-order valence-corrected chi connectivity index (χ3v) is 3.09. The van der Waals surface area contributed by atoms with Crippen LogP contribution in [0.3, 0.4) is 0 Å². The van der Waals surface area contributed by atoms with Crippen LogP contribution < -0.4 is 5.73 Å². The molecule has 1 saturated heterocycles. The van der Waals surface area contributed by atoms with Gasteiger partial charge < -0.3 is 15.7 Å². The van der Waals surface area contributed by atoms with Gasteiger partial charge in [0.15, 0.2) is 0 Å². The molecule has 2 rings (SSSR count). The molecule has 0 unspecified atom stereocenters. The Morgan fingerprint density at radius 3 is 3.00 bits per heavy atom. The fraction of sp³-hybridized carbons (Fsp3) is 0.417. The van der Waals surface area contributed by atoms with E-state index >= 15 is 0 Å². The largest absolute Gasteiger partial charge is 0.508 e. The van der Waals surface area contributed by atoms with Gasteiger partial charge >= 0.3 is 0 Å². The number of hydrogen-bond acceptors (Lipinski definition) is 3. The highest BCUT2D eigenvalue weighted by Crippen LogP contribution is 2.21. The molecule has 17 heavy (non-hydrogen) atoms. The maximum absolute atomic E-state index is 13.5. The Balaban J connectivity index is 2.17. The van der Waals surface area contributed by atoms with Crippen molar-refractivity contribution in [3.63, 3.8) is 0 Å². The van der Waals surface area contributed by atoms with Crippen LogP contribution in [0.2, 0.25) is 0 Å². The lowest BCUT2D eigenvalue weighted by molar-refractivity contribution is 0.0782. The van der Waals surface area contributed by atoms with E-state index < -0.39 is 5.82 Å². The van der Waals surface area contributed by atoms with Gasteiger partial charge in [-0.15, -0.1) is 0 Å². The molecule has 1 aromatic rings. The summed E-state index contributed by atoms with van der Waals surface area (Å²) in [6.45, 7) is 1.69. The van der Waals surface area contributed by atoms with Crippen molar-refractivity contribution < 1.29 is 14.3 Å². The fourth-order valence-electron chi connectivity index (χ4n) is 2.06. The second-order valence-corrected chi connectivity index (χ2v) is 4.31. The van der Waals surface area contributed by atoms with Crippen LogP contribution in [-0.4, -0.2) is 35.5 Å². The number of hydrogen-bond donors (Lipinski definition) is 2. The minimum atomic E-state index is -0.607. The van der Waals surface area contributed by atoms with Crippen molar-refractivity contribution in [1.82, 2.24) is 4.90 Å². The number of carbonyl (C=O) groups excluding carboxylic acids is 1. The summed E-state index contributed by atoms with van der Waals surface area (Å²) in [6, 6.07) is 3.48. The Labute approximate surface area is 98.8 Å². The molecule has 0 spiro atoms. The number of rotatable bonds is 2. The van der Waals surface area contributed by atoms with Crippen LogP contribution in [0.15, 0.2) is 18.2 Å². The number of halogens is 1. The van der Waals surface area contributed by atoms with E-state index in [-0.39, 0.29) is 17.2 Å². The summed E-state index contributed by atoms with van der Waals surface area (Å²) >= 11 is 0. The van der Waals surface area contributed by atoms with Crippen molar-refractivity contribution in [1.29, 1.82) is 0 Å². The van der Waals surface area contributed by atoms with E-state index in [1.54, 1.807) is 4.90 Å². The number of likely N-dealkylation sites (tertiary alicyclic amines) is 1. The monoisotopic (exact) mass is 238 g/mol. The zero-order valence-corrected chi connectivity index (χ0v) is 9.40. The van der Waals surface area contributed by atoms with Gasteiger partial charge in [0.25, 0.3) is 5.91 Å². The molecular formula is C12H15FN2O2. The van der Waals surface area contributed by atoms with Crippen molar-refractivity contribution in [2.75, 3.05) is 19.6 Å². The predicted molar refractivity (Wildman–Crippen MR) is 61.1 cm³/mol. The highest BCUT2D eigenvalue weighted by Gasteiger charge is 2.27. The lowest BCUT2D eigenvalue weighted by atomic mass is 10.1. The number of amides is 1. The molecule has 1 atom stereocenters. The second kappa shape index (κ2) is 4.71. The molecule has 0 saturated carbocycles. The highest BCUT2D eigenvalue weighted by molar-refractivity contribution is 5.95. The third kappa shape index (κ3) is 2.39. The smallest absolute Gasteiger partial charge is 0.256 e. The van der Waals surface area contributed by atoms with Crippen LogP contribution in [0.4, 0.5) is 4.39 Å². The number of nitrogens with zero attached hydrogens (tertiary/aromatic N) is 1. The molecule has 92 valence electrons. The van der Waals surface area contributed by atoms with Gasteiger partial charge in [0, 0.05) is 13.1 Å². The summed E-state index contributed by atoms with van der Waals surface area (Å²) in [4.78, 5) is 13.6. The molecule has 1 fully saturated rings. The molecular weight excluding hydrogens is 223 g/mol. The minimum Gasteiger partial charge on any atom is -0.508 e. The number of aromatic hydroxyl groups is 1. The van der Waals surface area contributed by atoms with Gasteiger partial charge in [-0.05, 0) is 37.1 Å². The molecule has 0 radical (unpaired) electrons. The average Bonchev–Trinajstić information content (AvgIpc) is 2.80. The minimum absolute atomic E-state index is 0.0809. The van der Waals surface area contributed by atoms with Gasteiger partial charge in [0.05, 0.1) is 5.56 Å². The fourth-order valence-corrected chi connectivity index (χ4v) is 2.06. The summed E-state index contributed by atoms with van der Waals surface area (Å²) in [5.74, 6) is -0.804. The van der Waals surface area contributed by atoms with E-state index in [2.05, 4.69) is 0 Å². The number of carbonyl (C=O) groups is 1. The Morgan fingerprint density at radius 2 is 2.35 bits per heavy atom. The van der Waals surface area contributed by atoms with Crippen molar-refractivity contribution in [3.8, 4) is 5.75 Å². The normalized spacial score (nSPS) is 19.6. The van der Waals surface area contributed by atoms with Crippen LogP contribution in [0.1, 0.15) is 16.8 Å².